The molecule has 0 radical (unpaired) electrons. The van der Waals surface area contributed by atoms with Crippen LogP contribution in [0.3, 0.4) is 0 Å². The van der Waals surface area contributed by atoms with Gasteiger partial charge in [0.25, 0.3) is 0 Å². The van der Waals surface area contributed by atoms with Crippen molar-refractivity contribution in [1.29, 1.82) is 0 Å². The standard InChI is InChI=1S/C27H46O/c1-18(2)7-6-8-19(3)23-11-12-24-22-10-9-20-17-21(28)13-15-26(20,4)25(22)14-16-27(23,24)5/h6,8,18-25,28H,7,9-17H2,1-5H3/b8-6-/t19?,20-,21-,22?,23?,24?,25?,26?,27?/m0/s1. The van der Waals surface area contributed by atoms with E-state index in [0.717, 1.165) is 54.3 Å². The minimum atomic E-state index is -0.0159. The van der Waals surface area contributed by atoms with E-state index in [4.69, 9.17) is 0 Å². The number of hydrogen-bond acceptors (Lipinski definition) is 1. The molecular formula is C27H46O. The lowest BCUT2D eigenvalue weighted by Crippen LogP contribution is -2.54. The van der Waals surface area contributed by atoms with Crippen molar-refractivity contribution in [1.82, 2.24) is 0 Å². The highest BCUT2D eigenvalue weighted by atomic mass is 16.3. The molecule has 0 aromatic heterocycles. The van der Waals surface area contributed by atoms with Gasteiger partial charge in [0.2, 0.25) is 0 Å². The Bertz CT molecular complexity index is 579. The molecule has 0 aromatic carbocycles. The first-order chi connectivity index (χ1) is 13.3. The molecule has 160 valence electrons. The molecule has 0 saturated heterocycles. The molecule has 4 fully saturated rings. The first-order valence-electron chi connectivity index (χ1n) is 12.6. The normalized spacial score (nSPS) is 49.7. The van der Waals surface area contributed by atoms with Crippen LogP contribution < -0.4 is 0 Å². The fourth-order valence-electron chi connectivity index (χ4n) is 8.84. The fraction of sp³-hybridized carbons (Fsp3) is 0.926. The summed E-state index contributed by atoms with van der Waals surface area (Å²) in [5, 5.41) is 10.2. The van der Waals surface area contributed by atoms with Crippen LogP contribution in [-0.2, 0) is 0 Å². The van der Waals surface area contributed by atoms with Crippen molar-refractivity contribution in [3.8, 4) is 0 Å². The van der Waals surface area contributed by atoms with Crippen LogP contribution in [-0.4, -0.2) is 11.2 Å². The Morgan fingerprint density at radius 3 is 2.36 bits per heavy atom. The molecular weight excluding hydrogens is 340 g/mol. The smallest absolute Gasteiger partial charge is 0.0543 e. The predicted molar refractivity (Wildman–Crippen MR) is 119 cm³/mol. The molecule has 1 nitrogen and oxygen atoms in total. The molecule has 4 aliphatic rings. The van der Waals surface area contributed by atoms with E-state index in [-0.39, 0.29) is 6.10 Å². The zero-order valence-electron chi connectivity index (χ0n) is 19.3. The SMILES string of the molecule is CC(C)C/C=C\C(C)C1CCC2C3CC[C@H]4C[C@@H](O)CCC4(C)C3CCC12C. The van der Waals surface area contributed by atoms with Crippen LogP contribution >= 0.6 is 0 Å². The lowest BCUT2D eigenvalue weighted by atomic mass is 9.44. The van der Waals surface area contributed by atoms with Crippen LogP contribution in [0.25, 0.3) is 0 Å². The zero-order valence-corrected chi connectivity index (χ0v) is 19.3. The average Bonchev–Trinajstić information content (AvgIpc) is 2.99. The Kier molecular flexibility index (Phi) is 5.80. The number of hydrogen-bond donors (Lipinski definition) is 1. The Balaban J connectivity index is 1.50. The van der Waals surface area contributed by atoms with Gasteiger partial charge >= 0.3 is 0 Å². The summed E-state index contributed by atoms with van der Waals surface area (Å²) in [7, 11) is 0. The van der Waals surface area contributed by atoms with Gasteiger partial charge in [-0.15, -0.1) is 0 Å². The number of aliphatic hydroxyl groups is 1. The number of allylic oxidation sites excluding steroid dienone is 2. The molecule has 4 rings (SSSR count). The largest absolute Gasteiger partial charge is 0.393 e. The van der Waals surface area contributed by atoms with Gasteiger partial charge in [0.1, 0.15) is 0 Å². The zero-order chi connectivity index (χ0) is 20.1. The van der Waals surface area contributed by atoms with Crippen molar-refractivity contribution in [2.75, 3.05) is 0 Å². The first kappa shape index (κ1) is 21.0. The molecule has 4 saturated carbocycles. The molecule has 28 heavy (non-hydrogen) atoms. The maximum atomic E-state index is 10.2. The van der Waals surface area contributed by atoms with Crippen LogP contribution in [0.1, 0.15) is 98.8 Å². The van der Waals surface area contributed by atoms with E-state index < -0.39 is 0 Å². The summed E-state index contributed by atoms with van der Waals surface area (Å²) < 4.78 is 0. The summed E-state index contributed by atoms with van der Waals surface area (Å²) >= 11 is 0. The van der Waals surface area contributed by atoms with Gasteiger partial charge in [-0.3, -0.25) is 0 Å². The Labute approximate surface area is 174 Å². The fourth-order valence-corrected chi connectivity index (χ4v) is 8.84. The van der Waals surface area contributed by atoms with E-state index in [1.54, 1.807) is 0 Å². The second kappa shape index (κ2) is 7.75. The Hall–Kier alpha value is -0.300. The lowest BCUT2D eigenvalue weighted by Gasteiger charge is -2.61. The second-order valence-electron chi connectivity index (χ2n) is 12.2. The molecule has 0 spiro atoms. The minimum absolute atomic E-state index is 0.0159. The number of aliphatic hydroxyl groups excluding tert-OH is 1. The molecule has 0 bridgehead atoms. The maximum absolute atomic E-state index is 10.2. The summed E-state index contributed by atoms with van der Waals surface area (Å²) in [6, 6.07) is 0. The Morgan fingerprint density at radius 2 is 1.61 bits per heavy atom. The van der Waals surface area contributed by atoms with Gasteiger partial charge in [0.05, 0.1) is 6.10 Å². The summed E-state index contributed by atoms with van der Waals surface area (Å²) in [4.78, 5) is 0. The third-order valence-electron chi connectivity index (χ3n) is 10.4. The van der Waals surface area contributed by atoms with E-state index >= 15 is 0 Å². The average molecular weight is 387 g/mol. The molecule has 0 aromatic rings. The molecule has 0 heterocycles. The van der Waals surface area contributed by atoms with E-state index in [1.165, 1.54) is 51.4 Å². The van der Waals surface area contributed by atoms with Gasteiger partial charge in [-0.1, -0.05) is 46.8 Å². The van der Waals surface area contributed by atoms with Gasteiger partial charge < -0.3 is 5.11 Å². The third kappa shape index (κ3) is 3.42. The number of rotatable bonds is 4. The van der Waals surface area contributed by atoms with Gasteiger partial charge in [0.15, 0.2) is 0 Å². The third-order valence-corrected chi connectivity index (χ3v) is 10.4. The van der Waals surface area contributed by atoms with Crippen molar-refractivity contribution in [2.24, 2.45) is 52.3 Å². The highest BCUT2D eigenvalue weighted by molar-refractivity contribution is 5.11. The van der Waals surface area contributed by atoms with Crippen LogP contribution in [0.5, 0.6) is 0 Å². The quantitative estimate of drug-likeness (QED) is 0.505. The topological polar surface area (TPSA) is 20.2 Å². The van der Waals surface area contributed by atoms with Crippen molar-refractivity contribution in [3.63, 3.8) is 0 Å². The summed E-state index contributed by atoms with van der Waals surface area (Å²) in [6.07, 6.45) is 18.3. The molecule has 1 N–H and O–H groups in total. The van der Waals surface area contributed by atoms with Crippen molar-refractivity contribution < 1.29 is 5.11 Å². The van der Waals surface area contributed by atoms with E-state index in [2.05, 4.69) is 46.8 Å². The van der Waals surface area contributed by atoms with Crippen molar-refractivity contribution in [2.45, 2.75) is 105 Å². The Morgan fingerprint density at radius 1 is 0.893 bits per heavy atom. The highest BCUT2D eigenvalue weighted by Gasteiger charge is 2.60. The summed E-state index contributed by atoms with van der Waals surface area (Å²) in [5.74, 6) is 6.05. The number of fused-ring (bicyclic) bond motifs is 5. The predicted octanol–water partition coefficient (Wildman–Crippen LogP) is 7.24. The van der Waals surface area contributed by atoms with E-state index in [9.17, 15) is 5.11 Å². The van der Waals surface area contributed by atoms with Crippen molar-refractivity contribution >= 4 is 0 Å². The molecule has 1 heteroatoms. The van der Waals surface area contributed by atoms with E-state index in [1.807, 2.05) is 0 Å². The molecule has 9 atom stereocenters. The second-order valence-corrected chi connectivity index (χ2v) is 12.2. The van der Waals surface area contributed by atoms with E-state index in [0.29, 0.717) is 10.8 Å². The van der Waals surface area contributed by atoms with Crippen LogP contribution in [0.2, 0.25) is 0 Å². The van der Waals surface area contributed by atoms with Crippen LogP contribution in [0, 0.1) is 52.3 Å². The summed E-state index contributed by atoms with van der Waals surface area (Å²) in [5.41, 5.74) is 1.09. The maximum Gasteiger partial charge on any atom is 0.0543 e. The molecule has 0 aliphatic heterocycles. The lowest BCUT2D eigenvalue weighted by molar-refractivity contribution is -0.128. The molecule has 4 aliphatic carbocycles. The van der Waals surface area contributed by atoms with Crippen LogP contribution in [0.15, 0.2) is 12.2 Å². The van der Waals surface area contributed by atoms with Gasteiger partial charge in [-0.05, 0) is 116 Å². The van der Waals surface area contributed by atoms with Gasteiger partial charge in [0, 0.05) is 0 Å². The first-order valence-corrected chi connectivity index (χ1v) is 12.6. The van der Waals surface area contributed by atoms with Crippen LogP contribution in [0.4, 0.5) is 0 Å². The minimum Gasteiger partial charge on any atom is -0.393 e. The highest BCUT2D eigenvalue weighted by Crippen LogP contribution is 2.68. The van der Waals surface area contributed by atoms with Gasteiger partial charge in [-0.25, -0.2) is 0 Å². The van der Waals surface area contributed by atoms with Gasteiger partial charge in [-0.2, -0.15) is 0 Å². The van der Waals surface area contributed by atoms with Crippen molar-refractivity contribution in [3.05, 3.63) is 12.2 Å². The summed E-state index contributed by atoms with van der Waals surface area (Å²) in [6.45, 7) is 12.4. The monoisotopic (exact) mass is 386 g/mol. The molecule has 0 amide bonds. The molecule has 7 unspecified atom stereocenters.